The minimum absolute atomic E-state index is 0.231. The first-order valence-corrected chi connectivity index (χ1v) is 40.1. The number of aliphatic hydroxyl groups is 8. The molecule has 2 aliphatic rings. The second kappa shape index (κ2) is 63.9. The van der Waals surface area contributed by atoms with Crippen molar-refractivity contribution in [1.82, 2.24) is 5.32 Å². The lowest BCUT2D eigenvalue weighted by molar-refractivity contribution is -0.359. The lowest BCUT2D eigenvalue weighted by atomic mass is 9.97. The zero-order valence-corrected chi connectivity index (χ0v) is 60.3. The fourth-order valence-corrected chi connectivity index (χ4v) is 13.5. The van der Waals surface area contributed by atoms with Crippen LogP contribution in [-0.2, 0) is 23.7 Å². The van der Waals surface area contributed by atoms with Gasteiger partial charge in [-0.2, -0.15) is 0 Å². The van der Waals surface area contributed by atoms with E-state index in [-0.39, 0.29) is 18.9 Å². The third-order valence-electron chi connectivity index (χ3n) is 19.9. The molecule has 12 unspecified atom stereocenters. The molecule has 2 aliphatic heterocycles. The maximum Gasteiger partial charge on any atom is 0.220 e. The van der Waals surface area contributed by atoms with E-state index in [1.165, 1.54) is 315 Å². The van der Waals surface area contributed by atoms with Crippen molar-refractivity contribution < 1.29 is 64.6 Å². The van der Waals surface area contributed by atoms with E-state index in [1.807, 2.05) is 6.08 Å². The van der Waals surface area contributed by atoms with Gasteiger partial charge in [0.1, 0.15) is 48.8 Å². The van der Waals surface area contributed by atoms with Crippen LogP contribution in [0, 0.1) is 0 Å². The summed E-state index contributed by atoms with van der Waals surface area (Å²) in [6.07, 6.45) is 65.5. The Bertz CT molecular complexity index is 1650. The van der Waals surface area contributed by atoms with E-state index in [1.54, 1.807) is 6.08 Å². The van der Waals surface area contributed by atoms with E-state index in [9.17, 15) is 45.6 Å². The Morgan fingerprint density at radius 2 is 0.677 bits per heavy atom. The van der Waals surface area contributed by atoms with Gasteiger partial charge in [-0.05, 0) is 44.9 Å². The molecule has 0 radical (unpaired) electrons. The topological polar surface area (TPSA) is 228 Å². The van der Waals surface area contributed by atoms with Gasteiger partial charge in [0.05, 0.1) is 32.0 Å². The third-order valence-corrected chi connectivity index (χ3v) is 19.9. The molecular formula is C79H151NO13. The molecule has 0 aromatic carbocycles. The Hall–Kier alpha value is -1.53. The number of carbonyl (C=O) groups is 1. The van der Waals surface area contributed by atoms with Gasteiger partial charge in [-0.15, -0.1) is 0 Å². The van der Waals surface area contributed by atoms with Crippen molar-refractivity contribution in [3.8, 4) is 0 Å². The van der Waals surface area contributed by atoms with Crippen molar-refractivity contribution in [3.05, 3.63) is 24.3 Å². The van der Waals surface area contributed by atoms with Crippen LogP contribution in [-0.4, -0.2) is 140 Å². The number of carbonyl (C=O) groups excluding carboxylic acids is 1. The van der Waals surface area contributed by atoms with Crippen LogP contribution in [0.15, 0.2) is 24.3 Å². The zero-order chi connectivity index (χ0) is 67.3. The molecule has 2 heterocycles. The maximum atomic E-state index is 13.4. The number of hydrogen-bond donors (Lipinski definition) is 9. The summed E-state index contributed by atoms with van der Waals surface area (Å²) < 4.78 is 22.9. The van der Waals surface area contributed by atoms with Gasteiger partial charge in [0.25, 0.3) is 0 Å². The quantitative estimate of drug-likeness (QED) is 0.0204. The molecule has 9 N–H and O–H groups in total. The van der Waals surface area contributed by atoms with Gasteiger partial charge in [-0.25, -0.2) is 0 Å². The first-order valence-electron chi connectivity index (χ1n) is 40.1. The molecule has 14 nitrogen and oxygen atoms in total. The van der Waals surface area contributed by atoms with E-state index in [0.717, 1.165) is 38.5 Å². The highest BCUT2D eigenvalue weighted by atomic mass is 16.7. The number of aliphatic hydroxyl groups excluding tert-OH is 8. The number of unbranched alkanes of at least 4 members (excludes halogenated alkanes) is 53. The van der Waals surface area contributed by atoms with Crippen molar-refractivity contribution in [2.24, 2.45) is 0 Å². The van der Waals surface area contributed by atoms with Gasteiger partial charge in [0.15, 0.2) is 12.6 Å². The monoisotopic (exact) mass is 1320 g/mol. The molecule has 93 heavy (non-hydrogen) atoms. The summed E-state index contributed by atoms with van der Waals surface area (Å²) in [5.41, 5.74) is 0. The molecule has 0 aromatic heterocycles. The Morgan fingerprint density at radius 3 is 1.02 bits per heavy atom. The smallest absolute Gasteiger partial charge is 0.220 e. The van der Waals surface area contributed by atoms with Crippen molar-refractivity contribution >= 4 is 5.91 Å². The van der Waals surface area contributed by atoms with Crippen LogP contribution in [0.3, 0.4) is 0 Å². The van der Waals surface area contributed by atoms with Gasteiger partial charge in [-0.1, -0.05) is 353 Å². The second-order valence-corrected chi connectivity index (χ2v) is 28.5. The number of nitrogens with one attached hydrogen (secondary N) is 1. The number of hydrogen-bond acceptors (Lipinski definition) is 13. The summed E-state index contributed by atoms with van der Waals surface area (Å²) in [7, 11) is 0. The van der Waals surface area contributed by atoms with Gasteiger partial charge in [0.2, 0.25) is 5.91 Å². The number of rotatable bonds is 68. The summed E-state index contributed by atoms with van der Waals surface area (Å²) in [5, 5.41) is 87.7. The van der Waals surface area contributed by atoms with E-state index in [4.69, 9.17) is 18.9 Å². The molecule has 2 saturated heterocycles. The minimum atomic E-state index is -1.79. The molecular weight excluding hydrogens is 1170 g/mol. The van der Waals surface area contributed by atoms with Gasteiger partial charge in [-0.3, -0.25) is 4.79 Å². The lowest BCUT2D eigenvalue weighted by Crippen LogP contribution is -2.65. The predicted molar refractivity (Wildman–Crippen MR) is 383 cm³/mol. The standard InChI is InChI=1S/C79H151NO13/c1-3-5-7-9-11-13-15-17-19-21-23-25-27-29-31-33-35-36-38-40-42-44-46-48-50-52-54-56-58-60-62-68(83)67(66-90-78-76(89)74(87)77(70(65-82)92-78)93-79-75(88)73(86)72(85)69(64-81)91-79)80-71(84)63-61-59-57-55-53-51-49-47-45-43-41-39-37-34-32-30-28-26-24-22-20-18-16-14-12-10-8-6-4-2/h22,24,60,62,67-70,72-79,81-83,85-89H,3-21,23,25-59,61,63-66H2,1-2H3,(H,80,84)/b24-22-,62-60+. The van der Waals surface area contributed by atoms with Gasteiger partial charge < -0.3 is 65.1 Å². The van der Waals surface area contributed by atoms with E-state index in [2.05, 4.69) is 31.3 Å². The number of amides is 1. The third kappa shape index (κ3) is 47.2. The van der Waals surface area contributed by atoms with E-state index in [0.29, 0.717) is 6.42 Å². The SMILES string of the molecule is CCCCCCCCCC/C=C\CCCCCCCCCCCCCCCCCCCC(=O)NC(COC1OC(CO)C(OC2OC(CO)C(O)C(O)C2O)C(O)C1O)C(O)/C=C/CCCCCCCCCCCCCCCCCCCCCCCCCCCCCC. The zero-order valence-electron chi connectivity index (χ0n) is 60.3. The van der Waals surface area contributed by atoms with Crippen LogP contribution in [0.2, 0.25) is 0 Å². The van der Waals surface area contributed by atoms with Crippen LogP contribution in [0.1, 0.15) is 380 Å². The minimum Gasteiger partial charge on any atom is -0.394 e. The number of ether oxygens (including phenoxy) is 4. The fraction of sp³-hybridized carbons (Fsp3) is 0.937. The predicted octanol–water partition coefficient (Wildman–Crippen LogP) is 17.9. The van der Waals surface area contributed by atoms with Crippen LogP contribution in [0.25, 0.3) is 0 Å². The van der Waals surface area contributed by atoms with Crippen LogP contribution in [0.5, 0.6) is 0 Å². The summed E-state index contributed by atoms with van der Waals surface area (Å²) in [4.78, 5) is 13.4. The molecule has 2 fully saturated rings. The van der Waals surface area contributed by atoms with Gasteiger partial charge in [0, 0.05) is 6.42 Å². The highest BCUT2D eigenvalue weighted by Gasteiger charge is 2.51. The van der Waals surface area contributed by atoms with Crippen molar-refractivity contribution in [1.29, 1.82) is 0 Å². The van der Waals surface area contributed by atoms with E-state index < -0.39 is 86.8 Å². The Balaban J connectivity index is 1.62. The lowest BCUT2D eigenvalue weighted by Gasteiger charge is -2.46. The summed E-state index contributed by atoms with van der Waals surface area (Å²) in [5.74, 6) is -0.231. The normalized spacial score (nSPS) is 22.6. The molecule has 2 rings (SSSR count). The van der Waals surface area contributed by atoms with E-state index >= 15 is 0 Å². The van der Waals surface area contributed by atoms with Crippen LogP contribution >= 0.6 is 0 Å². The molecule has 0 aromatic rings. The second-order valence-electron chi connectivity index (χ2n) is 28.5. The summed E-state index contributed by atoms with van der Waals surface area (Å²) in [6.45, 7) is 2.87. The van der Waals surface area contributed by atoms with Crippen LogP contribution < -0.4 is 5.32 Å². The molecule has 0 bridgehead atoms. The summed E-state index contributed by atoms with van der Waals surface area (Å²) in [6, 6.07) is -0.914. The van der Waals surface area contributed by atoms with Crippen molar-refractivity contribution in [2.75, 3.05) is 19.8 Å². The number of allylic oxidation sites excluding steroid dienone is 3. The largest absolute Gasteiger partial charge is 0.394 e. The molecule has 550 valence electrons. The first-order chi connectivity index (χ1) is 45.6. The Morgan fingerprint density at radius 1 is 0.376 bits per heavy atom. The fourth-order valence-electron chi connectivity index (χ4n) is 13.5. The molecule has 12 atom stereocenters. The average molecular weight is 1320 g/mol. The van der Waals surface area contributed by atoms with Gasteiger partial charge >= 0.3 is 0 Å². The molecule has 0 saturated carbocycles. The highest BCUT2D eigenvalue weighted by molar-refractivity contribution is 5.76. The average Bonchev–Trinajstić information content (AvgIpc) is 0.854. The van der Waals surface area contributed by atoms with Crippen molar-refractivity contribution in [2.45, 2.75) is 453 Å². The molecule has 0 aliphatic carbocycles. The maximum absolute atomic E-state index is 13.4. The molecule has 1 amide bonds. The van der Waals surface area contributed by atoms with Crippen molar-refractivity contribution in [3.63, 3.8) is 0 Å². The molecule has 14 heteroatoms. The molecule has 0 spiro atoms. The first kappa shape index (κ1) is 87.6. The van der Waals surface area contributed by atoms with Crippen LogP contribution in [0.4, 0.5) is 0 Å². The summed E-state index contributed by atoms with van der Waals surface area (Å²) >= 11 is 0. The highest BCUT2D eigenvalue weighted by Crippen LogP contribution is 2.30. The Kier molecular flexibility index (Phi) is 60.1. The Labute approximate surface area is 570 Å².